The molecule has 1 N–H and O–H groups in total. The van der Waals surface area contributed by atoms with Gasteiger partial charge in [0, 0.05) is 47.7 Å². The summed E-state index contributed by atoms with van der Waals surface area (Å²) in [6.45, 7) is 3.68. The second-order valence-electron chi connectivity index (χ2n) is 7.41. The number of nitrogens with one attached hydrogen (secondary N) is 1. The molecule has 7 heteroatoms. The number of aryl methyl sites for hydroxylation is 1. The van der Waals surface area contributed by atoms with Crippen molar-refractivity contribution in [1.29, 1.82) is 0 Å². The van der Waals surface area contributed by atoms with Crippen LogP contribution in [0.25, 0.3) is 0 Å². The molecule has 0 radical (unpaired) electrons. The van der Waals surface area contributed by atoms with E-state index in [1.807, 2.05) is 55.5 Å². The first-order valence-corrected chi connectivity index (χ1v) is 10.9. The van der Waals surface area contributed by atoms with E-state index < -0.39 is 0 Å². The molecule has 0 atom stereocenters. The Morgan fingerprint density at radius 2 is 1.83 bits per heavy atom. The average Bonchev–Trinajstić information content (AvgIpc) is 3.20. The van der Waals surface area contributed by atoms with Crippen LogP contribution in [0, 0.1) is 12.8 Å². The van der Waals surface area contributed by atoms with Crippen molar-refractivity contribution in [1.82, 2.24) is 9.36 Å². The summed E-state index contributed by atoms with van der Waals surface area (Å²) in [5.41, 5.74) is 3.19. The molecule has 150 valence electrons. The highest BCUT2D eigenvalue weighted by Crippen LogP contribution is 2.26. The average molecular weight is 427 g/mol. The summed E-state index contributed by atoms with van der Waals surface area (Å²) < 4.78 is 4.50. The van der Waals surface area contributed by atoms with Crippen LogP contribution in [-0.4, -0.2) is 28.4 Å². The lowest BCUT2D eigenvalue weighted by atomic mass is 9.96. The smallest absolute Gasteiger partial charge is 0.227 e. The third kappa shape index (κ3) is 5.14. The number of anilines is 2. The van der Waals surface area contributed by atoms with E-state index in [0.717, 1.165) is 53.2 Å². The van der Waals surface area contributed by atoms with E-state index >= 15 is 0 Å². The maximum Gasteiger partial charge on any atom is 0.227 e. The number of amides is 1. The molecule has 1 fully saturated rings. The first-order valence-electron chi connectivity index (χ1n) is 9.76. The number of aromatic nitrogens is 2. The molecule has 29 heavy (non-hydrogen) atoms. The van der Waals surface area contributed by atoms with Crippen LogP contribution in [0.5, 0.6) is 0 Å². The van der Waals surface area contributed by atoms with Crippen molar-refractivity contribution in [3.05, 3.63) is 70.5 Å². The predicted octanol–water partition coefficient (Wildman–Crippen LogP) is 4.95. The maximum absolute atomic E-state index is 12.6. The fourth-order valence-electron chi connectivity index (χ4n) is 3.44. The molecule has 2 heterocycles. The Balaban J connectivity index is 1.30. The molecule has 1 aliphatic heterocycles. The minimum absolute atomic E-state index is 0.0361. The van der Waals surface area contributed by atoms with Crippen molar-refractivity contribution < 1.29 is 4.79 Å². The van der Waals surface area contributed by atoms with Gasteiger partial charge in [0.25, 0.3) is 0 Å². The lowest BCUT2D eigenvalue weighted by molar-refractivity contribution is -0.120. The number of rotatable bonds is 5. The van der Waals surface area contributed by atoms with Gasteiger partial charge in [-0.25, -0.2) is 4.98 Å². The molecule has 0 unspecified atom stereocenters. The van der Waals surface area contributed by atoms with E-state index in [9.17, 15) is 4.79 Å². The SMILES string of the molecule is Cc1ccc(NC(=O)C2CCN(c3nc(Cc4ccc(Cl)cc4)ns3)CC2)cc1. The van der Waals surface area contributed by atoms with Crippen molar-refractivity contribution in [2.45, 2.75) is 26.2 Å². The molecule has 0 bridgehead atoms. The van der Waals surface area contributed by atoms with Gasteiger partial charge in [0.15, 0.2) is 0 Å². The Kier molecular flexibility index (Phi) is 6.11. The highest BCUT2D eigenvalue weighted by molar-refractivity contribution is 7.09. The largest absolute Gasteiger partial charge is 0.347 e. The van der Waals surface area contributed by atoms with Gasteiger partial charge < -0.3 is 10.2 Å². The number of hydrogen-bond acceptors (Lipinski definition) is 5. The molecule has 1 aromatic heterocycles. The van der Waals surface area contributed by atoms with Gasteiger partial charge in [-0.15, -0.1) is 0 Å². The van der Waals surface area contributed by atoms with Gasteiger partial charge in [-0.05, 0) is 49.6 Å². The zero-order chi connectivity index (χ0) is 20.2. The summed E-state index contributed by atoms with van der Waals surface area (Å²) in [7, 11) is 0. The second-order valence-corrected chi connectivity index (χ2v) is 8.58. The van der Waals surface area contributed by atoms with Crippen LogP contribution < -0.4 is 10.2 Å². The molecule has 0 saturated carbocycles. The topological polar surface area (TPSA) is 58.1 Å². The van der Waals surface area contributed by atoms with Crippen LogP contribution in [0.3, 0.4) is 0 Å². The summed E-state index contributed by atoms with van der Waals surface area (Å²) in [6, 6.07) is 15.7. The van der Waals surface area contributed by atoms with Gasteiger partial charge >= 0.3 is 0 Å². The van der Waals surface area contributed by atoms with Gasteiger partial charge in [0.05, 0.1) is 0 Å². The lowest BCUT2D eigenvalue weighted by Crippen LogP contribution is -2.38. The van der Waals surface area contributed by atoms with Gasteiger partial charge in [0.2, 0.25) is 11.0 Å². The summed E-state index contributed by atoms with van der Waals surface area (Å²) in [4.78, 5) is 19.5. The Morgan fingerprint density at radius 3 is 2.52 bits per heavy atom. The molecule has 0 spiro atoms. The molecule has 2 aromatic carbocycles. The van der Waals surface area contributed by atoms with Crippen LogP contribution in [0.15, 0.2) is 48.5 Å². The zero-order valence-corrected chi connectivity index (χ0v) is 17.8. The minimum atomic E-state index is 0.0361. The van der Waals surface area contributed by atoms with Gasteiger partial charge in [-0.1, -0.05) is 41.4 Å². The molecule has 4 rings (SSSR count). The Hall–Kier alpha value is -2.44. The highest BCUT2D eigenvalue weighted by Gasteiger charge is 2.26. The van der Waals surface area contributed by atoms with Crippen LogP contribution in [0.1, 0.15) is 29.8 Å². The summed E-state index contributed by atoms with van der Waals surface area (Å²) in [5.74, 6) is 0.967. The third-order valence-corrected chi connectivity index (χ3v) is 6.26. The molecular weight excluding hydrogens is 404 g/mol. The lowest BCUT2D eigenvalue weighted by Gasteiger charge is -2.30. The van der Waals surface area contributed by atoms with Crippen molar-refractivity contribution in [2.75, 3.05) is 23.3 Å². The third-order valence-electron chi connectivity index (χ3n) is 5.19. The summed E-state index contributed by atoms with van der Waals surface area (Å²) >= 11 is 7.37. The fourth-order valence-corrected chi connectivity index (χ4v) is 4.31. The number of benzene rings is 2. The molecule has 1 amide bonds. The number of halogens is 1. The van der Waals surface area contributed by atoms with E-state index in [1.54, 1.807) is 0 Å². The molecular formula is C22H23ClN4OS. The monoisotopic (exact) mass is 426 g/mol. The highest BCUT2D eigenvalue weighted by atomic mass is 35.5. The van der Waals surface area contributed by atoms with Crippen molar-refractivity contribution >= 4 is 39.9 Å². The first-order chi connectivity index (χ1) is 14.1. The summed E-state index contributed by atoms with van der Waals surface area (Å²) in [6.07, 6.45) is 2.34. The number of carbonyl (C=O) groups excluding carboxylic acids is 1. The van der Waals surface area contributed by atoms with E-state index in [2.05, 4.69) is 14.6 Å². The molecule has 5 nitrogen and oxygen atoms in total. The van der Waals surface area contributed by atoms with Crippen molar-refractivity contribution in [3.8, 4) is 0 Å². The molecule has 1 saturated heterocycles. The quantitative estimate of drug-likeness (QED) is 0.627. The van der Waals surface area contributed by atoms with Gasteiger partial charge in [-0.2, -0.15) is 4.37 Å². The van der Waals surface area contributed by atoms with Crippen LogP contribution in [0.2, 0.25) is 5.02 Å². The van der Waals surface area contributed by atoms with E-state index in [1.165, 1.54) is 17.1 Å². The Morgan fingerprint density at radius 1 is 1.14 bits per heavy atom. The normalized spacial score (nSPS) is 14.8. The van der Waals surface area contributed by atoms with E-state index in [4.69, 9.17) is 16.6 Å². The maximum atomic E-state index is 12.6. The zero-order valence-electron chi connectivity index (χ0n) is 16.3. The Bertz CT molecular complexity index is 963. The van der Waals surface area contributed by atoms with Gasteiger partial charge in [0.1, 0.15) is 5.82 Å². The second kappa shape index (κ2) is 8.93. The number of hydrogen-bond donors (Lipinski definition) is 1. The number of piperidine rings is 1. The van der Waals surface area contributed by atoms with Crippen LogP contribution >= 0.6 is 23.1 Å². The molecule has 1 aliphatic rings. The minimum Gasteiger partial charge on any atom is -0.347 e. The predicted molar refractivity (Wildman–Crippen MR) is 119 cm³/mol. The molecule has 0 aliphatic carbocycles. The Labute approximate surface area is 179 Å². The van der Waals surface area contributed by atoms with Crippen molar-refractivity contribution in [2.24, 2.45) is 5.92 Å². The standard InChI is InChI=1S/C22H23ClN4OS/c1-15-2-8-19(9-3-15)24-21(28)17-10-12-27(13-11-17)22-25-20(26-29-22)14-16-4-6-18(23)7-5-16/h2-9,17H,10-14H2,1H3,(H,24,28). The van der Waals surface area contributed by atoms with E-state index in [-0.39, 0.29) is 11.8 Å². The van der Waals surface area contributed by atoms with Crippen LogP contribution in [0.4, 0.5) is 10.8 Å². The number of carbonyl (C=O) groups is 1. The fraction of sp³-hybridized carbons (Fsp3) is 0.318. The molecule has 3 aromatic rings. The number of nitrogens with zero attached hydrogens (tertiary/aromatic N) is 3. The van der Waals surface area contributed by atoms with Crippen molar-refractivity contribution in [3.63, 3.8) is 0 Å². The van der Waals surface area contributed by atoms with Gasteiger partial charge in [-0.3, -0.25) is 4.79 Å². The van der Waals surface area contributed by atoms with Crippen LogP contribution in [-0.2, 0) is 11.2 Å². The summed E-state index contributed by atoms with van der Waals surface area (Å²) in [5, 5.41) is 4.70. The first kappa shape index (κ1) is 19.9. The van der Waals surface area contributed by atoms with E-state index in [0.29, 0.717) is 6.42 Å².